The molecule has 116 valence electrons. The standard InChI is InChI=1S/C15H22ClN3O2/c1-19(2)9-5-8-17-14(20)10-15(21)18-11-12-6-3-4-7-13(12)16/h3-4,6-7H,5,8-11H2,1-2H3,(H,17,20)(H,18,21). The van der Waals surface area contributed by atoms with E-state index in [9.17, 15) is 9.59 Å². The summed E-state index contributed by atoms with van der Waals surface area (Å²) in [6.07, 6.45) is 0.701. The summed E-state index contributed by atoms with van der Waals surface area (Å²) in [5.41, 5.74) is 0.832. The van der Waals surface area contributed by atoms with Crippen LogP contribution in [0.3, 0.4) is 0 Å². The van der Waals surface area contributed by atoms with Crippen molar-refractivity contribution < 1.29 is 9.59 Å². The maximum Gasteiger partial charge on any atom is 0.229 e. The van der Waals surface area contributed by atoms with Gasteiger partial charge < -0.3 is 15.5 Å². The molecule has 0 fully saturated rings. The van der Waals surface area contributed by atoms with E-state index in [1.807, 2.05) is 37.2 Å². The van der Waals surface area contributed by atoms with Crippen molar-refractivity contribution in [3.63, 3.8) is 0 Å². The Morgan fingerprint density at radius 1 is 1.14 bits per heavy atom. The molecule has 0 bridgehead atoms. The van der Waals surface area contributed by atoms with Crippen LogP contribution in [0.2, 0.25) is 5.02 Å². The van der Waals surface area contributed by atoms with Crippen LogP contribution in [-0.4, -0.2) is 43.9 Å². The maximum atomic E-state index is 11.7. The molecule has 0 atom stereocenters. The molecule has 0 aromatic heterocycles. The summed E-state index contributed by atoms with van der Waals surface area (Å²) in [6, 6.07) is 7.28. The Morgan fingerprint density at radius 2 is 1.81 bits per heavy atom. The Balaban J connectivity index is 2.21. The molecule has 0 aliphatic rings. The molecule has 1 aromatic rings. The second-order valence-corrected chi connectivity index (χ2v) is 5.46. The lowest BCUT2D eigenvalue weighted by Gasteiger charge is -2.10. The van der Waals surface area contributed by atoms with E-state index in [1.54, 1.807) is 6.07 Å². The number of nitrogens with one attached hydrogen (secondary N) is 2. The molecule has 0 radical (unpaired) electrons. The first kappa shape index (κ1) is 17.5. The second kappa shape index (κ2) is 9.37. The molecule has 0 saturated heterocycles. The molecule has 21 heavy (non-hydrogen) atoms. The fourth-order valence-corrected chi connectivity index (χ4v) is 1.93. The predicted molar refractivity (Wildman–Crippen MR) is 84.1 cm³/mol. The minimum absolute atomic E-state index is 0.160. The van der Waals surface area contributed by atoms with Crippen molar-refractivity contribution in [2.45, 2.75) is 19.4 Å². The number of hydrogen-bond donors (Lipinski definition) is 2. The number of carbonyl (C=O) groups is 2. The van der Waals surface area contributed by atoms with Gasteiger partial charge in [0, 0.05) is 18.1 Å². The highest BCUT2D eigenvalue weighted by Crippen LogP contribution is 2.14. The molecule has 0 heterocycles. The molecular weight excluding hydrogens is 290 g/mol. The van der Waals surface area contributed by atoms with Gasteiger partial charge in [-0.05, 0) is 38.7 Å². The lowest BCUT2D eigenvalue weighted by atomic mass is 10.2. The zero-order chi connectivity index (χ0) is 15.7. The van der Waals surface area contributed by atoms with Crippen molar-refractivity contribution in [2.75, 3.05) is 27.2 Å². The normalized spacial score (nSPS) is 10.5. The summed E-state index contributed by atoms with van der Waals surface area (Å²) in [6.45, 7) is 1.81. The SMILES string of the molecule is CN(C)CCCNC(=O)CC(=O)NCc1ccccc1Cl. The van der Waals surface area contributed by atoms with Crippen molar-refractivity contribution in [3.8, 4) is 0 Å². The third-order valence-electron chi connectivity index (χ3n) is 2.86. The third-order valence-corrected chi connectivity index (χ3v) is 3.23. The van der Waals surface area contributed by atoms with E-state index in [4.69, 9.17) is 11.6 Å². The lowest BCUT2D eigenvalue weighted by molar-refractivity contribution is -0.129. The van der Waals surface area contributed by atoms with Crippen molar-refractivity contribution in [1.29, 1.82) is 0 Å². The van der Waals surface area contributed by atoms with E-state index in [-0.39, 0.29) is 18.2 Å². The van der Waals surface area contributed by atoms with Gasteiger partial charge in [-0.2, -0.15) is 0 Å². The van der Waals surface area contributed by atoms with Crippen LogP contribution in [0.1, 0.15) is 18.4 Å². The zero-order valence-electron chi connectivity index (χ0n) is 12.5. The average Bonchev–Trinajstić information content (AvgIpc) is 2.42. The number of nitrogens with zero attached hydrogens (tertiary/aromatic N) is 1. The molecule has 0 unspecified atom stereocenters. The summed E-state index contributed by atoms with van der Waals surface area (Å²) in [4.78, 5) is 25.3. The van der Waals surface area contributed by atoms with Crippen molar-refractivity contribution >= 4 is 23.4 Å². The highest BCUT2D eigenvalue weighted by atomic mass is 35.5. The van der Waals surface area contributed by atoms with Crippen molar-refractivity contribution in [3.05, 3.63) is 34.9 Å². The van der Waals surface area contributed by atoms with Crippen LogP contribution in [0.15, 0.2) is 24.3 Å². The highest BCUT2D eigenvalue weighted by Gasteiger charge is 2.09. The van der Waals surface area contributed by atoms with Gasteiger partial charge in [-0.1, -0.05) is 29.8 Å². The van der Waals surface area contributed by atoms with E-state index in [1.165, 1.54) is 0 Å². The van der Waals surface area contributed by atoms with Crippen LogP contribution < -0.4 is 10.6 Å². The number of amides is 2. The average molecular weight is 312 g/mol. The molecule has 1 aromatic carbocycles. The lowest BCUT2D eigenvalue weighted by Crippen LogP contribution is -2.33. The molecule has 5 nitrogen and oxygen atoms in total. The number of rotatable bonds is 8. The first-order valence-corrected chi connectivity index (χ1v) is 7.28. The highest BCUT2D eigenvalue weighted by molar-refractivity contribution is 6.31. The molecule has 0 aliphatic heterocycles. The Hall–Kier alpha value is -1.59. The molecule has 0 saturated carbocycles. The van der Waals surface area contributed by atoms with Crippen LogP contribution >= 0.6 is 11.6 Å². The molecule has 2 amide bonds. The van der Waals surface area contributed by atoms with Gasteiger partial charge in [-0.15, -0.1) is 0 Å². The van der Waals surface area contributed by atoms with Gasteiger partial charge in [0.2, 0.25) is 11.8 Å². The number of halogens is 1. The fraction of sp³-hybridized carbons (Fsp3) is 0.467. The molecular formula is C15H22ClN3O2. The van der Waals surface area contributed by atoms with E-state index < -0.39 is 0 Å². The van der Waals surface area contributed by atoms with Gasteiger partial charge in [-0.3, -0.25) is 9.59 Å². The van der Waals surface area contributed by atoms with Crippen LogP contribution in [-0.2, 0) is 16.1 Å². The fourth-order valence-electron chi connectivity index (χ4n) is 1.73. The Morgan fingerprint density at radius 3 is 2.48 bits per heavy atom. The second-order valence-electron chi connectivity index (χ2n) is 5.05. The van der Waals surface area contributed by atoms with Crippen LogP contribution in [0.25, 0.3) is 0 Å². The monoisotopic (exact) mass is 311 g/mol. The minimum Gasteiger partial charge on any atom is -0.356 e. The largest absolute Gasteiger partial charge is 0.356 e. The quantitative estimate of drug-likeness (QED) is 0.564. The van der Waals surface area contributed by atoms with Gasteiger partial charge >= 0.3 is 0 Å². The van der Waals surface area contributed by atoms with Gasteiger partial charge in [0.1, 0.15) is 6.42 Å². The number of benzene rings is 1. The number of carbonyl (C=O) groups excluding carboxylic acids is 2. The van der Waals surface area contributed by atoms with Crippen LogP contribution in [0.4, 0.5) is 0 Å². The van der Waals surface area contributed by atoms with Crippen molar-refractivity contribution in [2.24, 2.45) is 0 Å². The minimum atomic E-state index is -0.306. The van der Waals surface area contributed by atoms with E-state index in [2.05, 4.69) is 10.6 Å². The van der Waals surface area contributed by atoms with Crippen LogP contribution in [0.5, 0.6) is 0 Å². The van der Waals surface area contributed by atoms with Crippen LogP contribution in [0, 0.1) is 0 Å². The Bertz CT molecular complexity index is 478. The molecule has 0 spiro atoms. The first-order valence-electron chi connectivity index (χ1n) is 6.90. The third kappa shape index (κ3) is 7.68. The van der Waals surface area contributed by atoms with E-state index in [0.29, 0.717) is 18.1 Å². The van der Waals surface area contributed by atoms with Gasteiger partial charge in [-0.25, -0.2) is 0 Å². The van der Waals surface area contributed by atoms with Gasteiger partial charge in [0.25, 0.3) is 0 Å². The zero-order valence-corrected chi connectivity index (χ0v) is 13.2. The topological polar surface area (TPSA) is 61.4 Å². The Kier molecular flexibility index (Phi) is 7.79. The first-order chi connectivity index (χ1) is 9.99. The maximum absolute atomic E-state index is 11.7. The number of hydrogen-bond acceptors (Lipinski definition) is 3. The molecule has 1 rings (SSSR count). The summed E-state index contributed by atoms with van der Waals surface area (Å²) in [7, 11) is 3.95. The Labute approximate surface area is 130 Å². The predicted octanol–water partition coefficient (Wildman–Crippen LogP) is 1.41. The summed E-state index contributed by atoms with van der Waals surface area (Å²) in [5, 5.41) is 6.02. The molecule has 0 aliphatic carbocycles. The van der Waals surface area contributed by atoms with Crippen molar-refractivity contribution in [1.82, 2.24) is 15.5 Å². The van der Waals surface area contributed by atoms with Gasteiger partial charge in [0.05, 0.1) is 0 Å². The summed E-state index contributed by atoms with van der Waals surface area (Å²) in [5.74, 6) is -0.564. The molecule has 2 N–H and O–H groups in total. The van der Waals surface area contributed by atoms with Gasteiger partial charge in [0.15, 0.2) is 0 Å². The van der Waals surface area contributed by atoms with E-state index in [0.717, 1.165) is 18.5 Å². The van der Waals surface area contributed by atoms with E-state index >= 15 is 0 Å². The smallest absolute Gasteiger partial charge is 0.229 e. The summed E-state index contributed by atoms with van der Waals surface area (Å²) < 4.78 is 0. The summed E-state index contributed by atoms with van der Waals surface area (Å²) >= 11 is 5.99. The molecule has 6 heteroatoms.